The first kappa shape index (κ1) is 32.7. The Kier molecular flexibility index (Phi) is 9.65. The molecule has 2 N–H and O–H groups in total. The number of nitrogens with one attached hydrogen (secondary N) is 1. The van der Waals surface area contributed by atoms with Gasteiger partial charge in [0, 0.05) is 23.7 Å². The summed E-state index contributed by atoms with van der Waals surface area (Å²) in [6.07, 6.45) is 1.78. The largest absolute Gasteiger partial charge is 0.459 e. The normalized spacial score (nSPS) is 23.5. The molecule has 3 aromatic carbocycles. The fourth-order valence-electron chi connectivity index (χ4n) is 6.27. The third-order valence-electron chi connectivity index (χ3n) is 8.68. The zero-order valence-corrected chi connectivity index (χ0v) is 27.3. The van der Waals surface area contributed by atoms with Crippen LogP contribution in [-0.2, 0) is 25.6 Å². The maximum atomic E-state index is 13.2. The van der Waals surface area contributed by atoms with Crippen LogP contribution in [0.1, 0.15) is 80.1 Å². The summed E-state index contributed by atoms with van der Waals surface area (Å²) < 4.78 is 19.1. The summed E-state index contributed by atoms with van der Waals surface area (Å²) in [7, 11) is 0. The molecule has 5 unspecified atom stereocenters. The first-order chi connectivity index (χ1) is 22.6. The van der Waals surface area contributed by atoms with Crippen molar-refractivity contribution in [3.05, 3.63) is 101 Å². The van der Waals surface area contributed by atoms with E-state index < -0.39 is 11.9 Å². The van der Waals surface area contributed by atoms with Gasteiger partial charge in [0.1, 0.15) is 17.3 Å². The third kappa shape index (κ3) is 7.68. The highest BCUT2D eigenvalue weighted by Gasteiger charge is 2.42. The fourth-order valence-corrected chi connectivity index (χ4v) is 6.27. The van der Waals surface area contributed by atoms with Crippen molar-refractivity contribution in [3.63, 3.8) is 0 Å². The van der Waals surface area contributed by atoms with Gasteiger partial charge in [0.25, 0.3) is 5.91 Å². The number of hydrogen-bond donors (Lipinski definition) is 2. The molecule has 4 aromatic rings. The molecular formula is C37H42N4O6. The van der Waals surface area contributed by atoms with Gasteiger partial charge in [-0.1, -0.05) is 55.5 Å². The molecular weight excluding hydrogens is 596 g/mol. The zero-order valence-electron chi connectivity index (χ0n) is 27.3. The molecule has 1 aromatic heterocycles. The van der Waals surface area contributed by atoms with Crippen molar-refractivity contribution in [1.29, 1.82) is 0 Å². The molecule has 2 aliphatic rings. The lowest BCUT2D eigenvalue weighted by Crippen LogP contribution is -2.48. The summed E-state index contributed by atoms with van der Waals surface area (Å²) >= 11 is 0. The number of ether oxygens (including phenoxy) is 3. The highest BCUT2D eigenvalue weighted by molar-refractivity contribution is 6.03. The Morgan fingerprint density at radius 2 is 1.77 bits per heavy atom. The number of benzene rings is 3. The number of hydrogen-bond acceptors (Lipinski definition) is 9. The van der Waals surface area contributed by atoms with Crippen LogP contribution in [0.25, 0.3) is 11.0 Å². The van der Waals surface area contributed by atoms with Gasteiger partial charge in [-0.05, 0) is 75.5 Å². The molecule has 0 bridgehead atoms. The highest BCUT2D eigenvalue weighted by atomic mass is 16.7. The Labute approximate surface area is 275 Å². The lowest BCUT2D eigenvalue weighted by atomic mass is 9.90. The van der Waals surface area contributed by atoms with Crippen LogP contribution in [0.4, 0.5) is 5.69 Å². The first-order valence-electron chi connectivity index (χ1n) is 16.2. The molecule has 10 nitrogen and oxygen atoms in total. The van der Waals surface area contributed by atoms with Crippen LogP contribution >= 0.6 is 0 Å². The highest BCUT2D eigenvalue weighted by Crippen LogP contribution is 2.42. The Hall–Kier alpha value is -4.22. The molecule has 246 valence electrons. The quantitative estimate of drug-likeness (QED) is 0.225. The molecule has 3 heterocycles. The third-order valence-corrected chi connectivity index (χ3v) is 8.68. The molecule has 5 atom stereocenters. The van der Waals surface area contributed by atoms with Crippen molar-refractivity contribution in [2.24, 2.45) is 5.92 Å². The lowest BCUT2D eigenvalue weighted by Gasteiger charge is -2.43. The van der Waals surface area contributed by atoms with Gasteiger partial charge in [-0.25, -0.2) is 4.98 Å². The topological polar surface area (TPSA) is 123 Å². The molecule has 0 aliphatic carbocycles. The average Bonchev–Trinajstić information content (AvgIpc) is 3.53. The molecule has 0 spiro atoms. The van der Waals surface area contributed by atoms with E-state index in [1.165, 1.54) is 6.20 Å². The Morgan fingerprint density at radius 3 is 2.51 bits per heavy atom. The molecule has 2 fully saturated rings. The second kappa shape index (κ2) is 13.9. The van der Waals surface area contributed by atoms with E-state index in [-0.39, 0.29) is 48.3 Å². The summed E-state index contributed by atoms with van der Waals surface area (Å²) in [5.41, 5.74) is 4.10. The molecule has 0 saturated carbocycles. The summed E-state index contributed by atoms with van der Waals surface area (Å²) in [4.78, 5) is 37.3. The monoisotopic (exact) mass is 638 g/mol. The van der Waals surface area contributed by atoms with Crippen LogP contribution in [0.5, 0.6) is 0 Å². The minimum absolute atomic E-state index is 0.0416. The number of carbonyl (C=O) groups excluding carboxylic acids is 2. The van der Waals surface area contributed by atoms with E-state index in [0.717, 1.165) is 36.1 Å². The maximum absolute atomic E-state index is 13.2. The minimum Gasteiger partial charge on any atom is -0.459 e. The molecule has 0 radical (unpaired) electrons. The van der Waals surface area contributed by atoms with Gasteiger partial charge in [0.15, 0.2) is 6.29 Å². The predicted octanol–water partition coefficient (Wildman–Crippen LogP) is 5.97. The first-order valence-corrected chi connectivity index (χ1v) is 16.2. The second-order valence-electron chi connectivity index (χ2n) is 13.3. The van der Waals surface area contributed by atoms with Crippen LogP contribution in [0.2, 0.25) is 0 Å². The summed E-state index contributed by atoms with van der Waals surface area (Å²) in [6.45, 7) is 9.03. The summed E-state index contributed by atoms with van der Waals surface area (Å²) in [5.74, 6) is -0.635. The van der Waals surface area contributed by atoms with Crippen molar-refractivity contribution >= 4 is 28.6 Å². The van der Waals surface area contributed by atoms with Gasteiger partial charge in [-0.15, -0.1) is 0 Å². The molecule has 2 saturated heterocycles. The number of aliphatic hydroxyl groups is 1. The van der Waals surface area contributed by atoms with E-state index in [9.17, 15) is 14.7 Å². The van der Waals surface area contributed by atoms with Crippen LogP contribution in [0.15, 0.2) is 79.0 Å². The number of anilines is 1. The van der Waals surface area contributed by atoms with Gasteiger partial charge >= 0.3 is 5.97 Å². The SMILES string of the molecule is CC1C(CN2CCCC2C(=O)OC(C)(C)C)OC(c2cccc(NC(=O)c3cnc4ccccc4n3)c2)OC1c1ccc(CO)cc1. The van der Waals surface area contributed by atoms with Crippen molar-refractivity contribution < 1.29 is 28.9 Å². The van der Waals surface area contributed by atoms with Crippen molar-refractivity contribution in [2.75, 3.05) is 18.4 Å². The Morgan fingerprint density at radius 1 is 1.00 bits per heavy atom. The number of likely N-dealkylation sites (tertiary alicyclic amines) is 1. The predicted molar refractivity (Wildman–Crippen MR) is 177 cm³/mol. The van der Waals surface area contributed by atoms with Gasteiger partial charge in [0.05, 0.1) is 36.0 Å². The van der Waals surface area contributed by atoms with Crippen LogP contribution in [0, 0.1) is 5.92 Å². The van der Waals surface area contributed by atoms with E-state index in [0.29, 0.717) is 23.3 Å². The number of amides is 1. The van der Waals surface area contributed by atoms with Crippen LogP contribution in [0.3, 0.4) is 0 Å². The maximum Gasteiger partial charge on any atom is 0.323 e. The van der Waals surface area contributed by atoms with Crippen molar-refractivity contribution in [3.8, 4) is 0 Å². The number of aliphatic hydroxyl groups excluding tert-OH is 1. The molecule has 10 heteroatoms. The van der Waals surface area contributed by atoms with Crippen LogP contribution in [-0.4, -0.2) is 62.7 Å². The molecule has 6 rings (SSSR count). The van der Waals surface area contributed by atoms with E-state index in [2.05, 4.69) is 27.1 Å². The van der Waals surface area contributed by atoms with Crippen LogP contribution < -0.4 is 5.32 Å². The van der Waals surface area contributed by atoms with Gasteiger partial charge in [-0.3, -0.25) is 19.5 Å². The Balaban J connectivity index is 1.24. The van der Waals surface area contributed by atoms with Gasteiger partial charge in [0.2, 0.25) is 0 Å². The Bertz CT molecular complexity index is 1720. The number of para-hydroxylation sites is 2. The number of nitrogens with zero attached hydrogens (tertiary/aromatic N) is 3. The molecule has 1 amide bonds. The summed E-state index contributed by atoms with van der Waals surface area (Å²) in [5, 5.41) is 12.5. The number of carbonyl (C=O) groups is 2. The van der Waals surface area contributed by atoms with Gasteiger partial charge < -0.3 is 24.6 Å². The second-order valence-corrected chi connectivity index (χ2v) is 13.3. The molecule has 2 aliphatic heterocycles. The fraction of sp³-hybridized carbons (Fsp3) is 0.405. The van der Waals surface area contributed by atoms with E-state index in [1.807, 2.05) is 87.5 Å². The number of fused-ring (bicyclic) bond motifs is 1. The number of rotatable bonds is 8. The smallest absolute Gasteiger partial charge is 0.323 e. The average molecular weight is 639 g/mol. The van der Waals surface area contributed by atoms with Gasteiger partial charge in [-0.2, -0.15) is 0 Å². The van der Waals surface area contributed by atoms with E-state index >= 15 is 0 Å². The van der Waals surface area contributed by atoms with Crippen molar-refractivity contribution in [1.82, 2.24) is 14.9 Å². The van der Waals surface area contributed by atoms with Crippen molar-refractivity contribution in [2.45, 2.75) is 77.3 Å². The van der Waals surface area contributed by atoms with E-state index in [1.54, 1.807) is 6.07 Å². The lowest BCUT2D eigenvalue weighted by molar-refractivity contribution is -0.276. The van der Waals surface area contributed by atoms with E-state index in [4.69, 9.17) is 14.2 Å². The number of aromatic nitrogens is 2. The molecule has 47 heavy (non-hydrogen) atoms. The summed E-state index contributed by atoms with van der Waals surface area (Å²) in [6, 6.07) is 22.2. The minimum atomic E-state index is -0.737. The standard InChI is InChI=1S/C37H42N4O6/c1-23-32(21-41-18-8-13-31(41)35(44)47-37(2,3)4)45-36(46-33(23)25-16-14-24(22-42)15-17-25)26-9-7-10-27(19-26)39-34(43)30-20-38-28-11-5-6-12-29(28)40-30/h5-7,9-12,14-17,19-20,23,31-33,36,42H,8,13,18,21-22H2,1-4H3,(H,39,43). The number of esters is 1. The zero-order chi connectivity index (χ0) is 33.1.